The second kappa shape index (κ2) is 16.3. The lowest BCUT2D eigenvalue weighted by atomic mass is 10.1. The lowest BCUT2D eigenvalue weighted by molar-refractivity contribution is -0.157. The number of ether oxygens (including phenoxy) is 3. The van der Waals surface area contributed by atoms with Gasteiger partial charge in [-0.2, -0.15) is 30.4 Å². The van der Waals surface area contributed by atoms with Gasteiger partial charge in [0.25, 0.3) is 0 Å². The molecule has 0 unspecified atom stereocenters. The minimum atomic E-state index is -6.22. The molecule has 0 atom stereocenters. The summed E-state index contributed by atoms with van der Waals surface area (Å²) in [4.78, 5) is 32.2. The Balaban J connectivity index is 0.000000582. The van der Waals surface area contributed by atoms with E-state index >= 15 is 0 Å². The van der Waals surface area contributed by atoms with Crippen LogP contribution in [0.5, 0.6) is 0 Å². The van der Waals surface area contributed by atoms with Crippen LogP contribution in [0.15, 0.2) is 45.3 Å². The van der Waals surface area contributed by atoms with E-state index in [1.165, 1.54) is 32.4 Å². The summed E-state index contributed by atoms with van der Waals surface area (Å²) in [5, 5.41) is -4.40. The number of rotatable bonds is 6. The molecule has 0 aliphatic rings. The molecule has 0 spiro atoms. The molecule has 40 heavy (non-hydrogen) atoms. The van der Waals surface area contributed by atoms with Gasteiger partial charge in [-0.15, -0.1) is 0 Å². The van der Waals surface area contributed by atoms with Crippen LogP contribution in [0, 0.1) is 0 Å². The molecule has 224 valence electrons. The molecule has 0 N–H and O–H groups in total. The highest BCUT2D eigenvalue weighted by Gasteiger charge is 2.55. The number of alkyl halides is 6. The molecular weight excluding hydrogens is 778 g/mol. The standard InChI is InChI=1S/C10H8BrF3O2.C9H8Br2O2.C3H3F3O4S/c1-16-9(15)6-2-3-8(11)7(4-6)5-10(12,13)14;1-13-9(12)6-2-3-8(11)7(4-6)5-10;1-10-2(7)3(4,5)11(6,8)9/h2-4H,5H2,1H3;2-4H,5H2,1H3;1H3. The molecule has 18 heteroatoms. The topological polar surface area (TPSA) is 113 Å². The quantitative estimate of drug-likeness (QED) is 0.107. The average Bonchev–Trinajstić information content (AvgIpc) is 2.88. The summed E-state index contributed by atoms with van der Waals surface area (Å²) in [5.74, 6) is -3.41. The number of hydrogen-bond donors (Lipinski definition) is 0. The fourth-order valence-corrected chi connectivity index (χ4v) is 4.21. The molecule has 0 aliphatic heterocycles. The van der Waals surface area contributed by atoms with Crippen molar-refractivity contribution in [2.75, 3.05) is 21.3 Å². The maximum atomic E-state index is 12.2. The van der Waals surface area contributed by atoms with E-state index in [0.717, 1.165) is 10.0 Å². The van der Waals surface area contributed by atoms with E-state index in [-0.39, 0.29) is 17.1 Å². The molecule has 0 aromatic heterocycles. The van der Waals surface area contributed by atoms with Crippen molar-refractivity contribution < 1.29 is 62.8 Å². The van der Waals surface area contributed by atoms with E-state index in [1.54, 1.807) is 12.1 Å². The normalized spacial score (nSPS) is 11.2. The number of methoxy groups -OCH3 is 3. The molecule has 0 aliphatic carbocycles. The maximum absolute atomic E-state index is 12.2. The Morgan fingerprint density at radius 3 is 1.48 bits per heavy atom. The highest BCUT2D eigenvalue weighted by molar-refractivity contribution is 9.11. The van der Waals surface area contributed by atoms with Crippen LogP contribution in [0.1, 0.15) is 31.8 Å². The van der Waals surface area contributed by atoms with E-state index in [2.05, 4.69) is 62.0 Å². The van der Waals surface area contributed by atoms with Gasteiger partial charge in [0, 0.05) is 14.3 Å². The maximum Gasteiger partial charge on any atom is 0.470 e. The van der Waals surface area contributed by atoms with E-state index < -0.39 is 40.0 Å². The van der Waals surface area contributed by atoms with Gasteiger partial charge in [-0.25, -0.2) is 14.4 Å². The van der Waals surface area contributed by atoms with Crippen LogP contribution < -0.4 is 0 Å². The molecule has 0 saturated heterocycles. The Labute approximate surface area is 249 Å². The summed E-state index contributed by atoms with van der Waals surface area (Å²) in [5.41, 5.74) is 1.71. The monoisotopic (exact) mass is 794 g/mol. The third-order valence-electron chi connectivity index (χ3n) is 4.20. The first-order valence-corrected chi connectivity index (χ1v) is 14.1. The third kappa shape index (κ3) is 12.1. The van der Waals surface area contributed by atoms with Gasteiger partial charge in [0.15, 0.2) is 0 Å². The molecule has 2 aromatic rings. The lowest BCUT2D eigenvalue weighted by Gasteiger charge is -2.09. The predicted molar refractivity (Wildman–Crippen MR) is 140 cm³/mol. The van der Waals surface area contributed by atoms with Gasteiger partial charge >= 0.3 is 39.6 Å². The minimum Gasteiger partial charge on any atom is -0.465 e. The molecule has 0 bridgehead atoms. The molecular formula is C22H19Br3F6O8S. The minimum absolute atomic E-state index is 0.00963. The van der Waals surface area contributed by atoms with Crippen molar-refractivity contribution in [3.8, 4) is 0 Å². The van der Waals surface area contributed by atoms with Crippen LogP contribution in [-0.2, 0) is 41.0 Å². The van der Waals surface area contributed by atoms with Crippen LogP contribution in [-0.4, -0.2) is 59.1 Å². The first-order chi connectivity index (χ1) is 18.2. The predicted octanol–water partition coefficient (Wildman–Crippen LogP) is 6.52. The lowest BCUT2D eigenvalue weighted by Crippen LogP contribution is -2.36. The molecule has 8 nitrogen and oxygen atoms in total. The summed E-state index contributed by atoms with van der Waals surface area (Å²) in [7, 11) is -3.16. The number of carbonyl (C=O) groups is 3. The fraction of sp³-hybridized carbons (Fsp3) is 0.318. The Kier molecular flexibility index (Phi) is 15.4. The van der Waals surface area contributed by atoms with Crippen molar-refractivity contribution in [2.24, 2.45) is 0 Å². The van der Waals surface area contributed by atoms with E-state index in [1.807, 2.05) is 6.07 Å². The average molecular weight is 797 g/mol. The Morgan fingerprint density at radius 1 is 0.775 bits per heavy atom. The van der Waals surface area contributed by atoms with Crippen molar-refractivity contribution >= 4 is 75.9 Å². The Morgan fingerprint density at radius 2 is 1.18 bits per heavy atom. The van der Waals surface area contributed by atoms with Gasteiger partial charge < -0.3 is 14.2 Å². The van der Waals surface area contributed by atoms with E-state index in [4.69, 9.17) is 0 Å². The molecule has 0 amide bonds. The van der Waals surface area contributed by atoms with Gasteiger partial charge in [0.1, 0.15) is 0 Å². The van der Waals surface area contributed by atoms with Crippen molar-refractivity contribution in [2.45, 2.75) is 23.2 Å². The molecule has 0 heterocycles. The van der Waals surface area contributed by atoms with Crippen LogP contribution >= 0.6 is 47.8 Å². The van der Waals surface area contributed by atoms with Crippen LogP contribution in [0.25, 0.3) is 0 Å². The van der Waals surface area contributed by atoms with Gasteiger partial charge in [-0.05, 0) is 47.5 Å². The Hall–Kier alpha value is -2.18. The number of hydrogen-bond acceptors (Lipinski definition) is 8. The van der Waals surface area contributed by atoms with Gasteiger partial charge in [0.2, 0.25) is 0 Å². The highest BCUT2D eigenvalue weighted by atomic mass is 79.9. The first-order valence-electron chi connectivity index (χ1n) is 10.0. The van der Waals surface area contributed by atoms with E-state index in [0.29, 0.717) is 22.5 Å². The zero-order valence-electron chi connectivity index (χ0n) is 20.5. The van der Waals surface area contributed by atoms with Crippen LogP contribution in [0.2, 0.25) is 0 Å². The molecule has 0 fully saturated rings. The summed E-state index contributed by atoms with van der Waals surface area (Å²) < 4.78 is 105. The number of benzene rings is 2. The highest BCUT2D eigenvalue weighted by Crippen LogP contribution is 2.27. The van der Waals surface area contributed by atoms with Gasteiger partial charge in [0.05, 0.1) is 38.9 Å². The zero-order valence-corrected chi connectivity index (χ0v) is 26.0. The summed E-state index contributed by atoms with van der Waals surface area (Å²) >= 11 is 9.71. The molecule has 0 radical (unpaired) electrons. The van der Waals surface area contributed by atoms with Crippen molar-refractivity contribution in [1.29, 1.82) is 0 Å². The zero-order chi connectivity index (χ0) is 31.5. The van der Waals surface area contributed by atoms with Crippen molar-refractivity contribution in [1.82, 2.24) is 0 Å². The number of carbonyl (C=O) groups excluding carboxylic acids is 3. The molecule has 2 rings (SSSR count). The third-order valence-corrected chi connectivity index (χ3v) is 7.13. The molecule has 0 saturated carbocycles. The second-order valence-electron chi connectivity index (χ2n) is 6.97. The van der Waals surface area contributed by atoms with E-state index in [9.17, 15) is 48.6 Å². The summed E-state index contributed by atoms with van der Waals surface area (Å²) in [6.45, 7) is 0. The van der Waals surface area contributed by atoms with Gasteiger partial charge in [-0.3, -0.25) is 0 Å². The first kappa shape index (κ1) is 37.8. The summed E-state index contributed by atoms with van der Waals surface area (Å²) in [6.07, 6.45) is -5.39. The number of halogens is 9. The van der Waals surface area contributed by atoms with Crippen LogP contribution in [0.3, 0.4) is 0 Å². The van der Waals surface area contributed by atoms with Crippen molar-refractivity contribution in [3.05, 3.63) is 67.6 Å². The second-order valence-corrected chi connectivity index (χ2v) is 10.6. The van der Waals surface area contributed by atoms with Crippen molar-refractivity contribution in [3.63, 3.8) is 0 Å². The fourth-order valence-electron chi connectivity index (χ4n) is 2.31. The Bertz CT molecular complexity index is 1300. The van der Waals surface area contributed by atoms with Crippen LogP contribution in [0.4, 0.5) is 25.8 Å². The summed E-state index contributed by atoms with van der Waals surface area (Å²) in [6, 6.07) is 9.32. The van der Waals surface area contributed by atoms with Gasteiger partial charge in [-0.1, -0.05) is 51.7 Å². The largest absolute Gasteiger partial charge is 0.470 e. The number of esters is 3. The smallest absolute Gasteiger partial charge is 0.465 e. The SMILES string of the molecule is COC(=O)C(F)(F)S(=O)(=O)F.COC(=O)c1ccc(Br)c(CBr)c1.COC(=O)c1ccc(Br)c(CC(F)(F)F)c1. The molecule has 2 aromatic carbocycles.